The van der Waals surface area contributed by atoms with Crippen molar-refractivity contribution in [1.29, 1.82) is 0 Å². The van der Waals surface area contributed by atoms with Crippen molar-refractivity contribution in [2.45, 2.75) is 32.7 Å². The van der Waals surface area contributed by atoms with Crippen LogP contribution in [0.25, 0.3) is 0 Å². The average Bonchev–Trinajstić information content (AvgIpc) is 2.44. The number of hydrogen-bond acceptors (Lipinski definition) is 1. The molecule has 0 aliphatic heterocycles. The van der Waals surface area contributed by atoms with Crippen molar-refractivity contribution in [2.24, 2.45) is 0 Å². The number of nitrogens with one attached hydrogen (secondary N) is 1. The van der Waals surface area contributed by atoms with E-state index in [1.54, 1.807) is 6.07 Å². The first kappa shape index (κ1) is 14.5. The lowest BCUT2D eigenvalue weighted by molar-refractivity contribution is 0.506. The summed E-state index contributed by atoms with van der Waals surface area (Å²) >= 11 is 0. The molecule has 0 radical (unpaired) electrons. The molecule has 0 amide bonds. The fraction of sp³-hybridized carbons (Fsp3) is 0.294. The highest BCUT2D eigenvalue weighted by molar-refractivity contribution is 5.46. The first-order valence-corrected chi connectivity index (χ1v) is 6.90. The van der Waals surface area contributed by atoms with Gasteiger partial charge in [0, 0.05) is 11.7 Å². The van der Waals surface area contributed by atoms with E-state index in [-0.39, 0.29) is 6.04 Å². The van der Waals surface area contributed by atoms with Crippen LogP contribution < -0.4 is 5.32 Å². The van der Waals surface area contributed by atoms with Gasteiger partial charge in [-0.1, -0.05) is 31.5 Å². The summed E-state index contributed by atoms with van der Waals surface area (Å²) in [7, 11) is 0. The smallest absolute Gasteiger partial charge is 0.159 e. The molecular weight excluding hydrogens is 256 g/mol. The van der Waals surface area contributed by atoms with Crippen LogP contribution in [-0.4, -0.2) is 0 Å². The van der Waals surface area contributed by atoms with E-state index in [1.165, 1.54) is 11.6 Å². The zero-order valence-electron chi connectivity index (χ0n) is 11.8. The number of hydrogen-bond donors (Lipinski definition) is 1. The van der Waals surface area contributed by atoms with Crippen LogP contribution in [0.3, 0.4) is 0 Å². The molecule has 0 saturated carbocycles. The van der Waals surface area contributed by atoms with Crippen LogP contribution in [0.5, 0.6) is 0 Å². The van der Waals surface area contributed by atoms with Crippen LogP contribution >= 0.6 is 0 Å². The third-order valence-corrected chi connectivity index (χ3v) is 3.32. The van der Waals surface area contributed by atoms with Crippen molar-refractivity contribution >= 4 is 5.69 Å². The summed E-state index contributed by atoms with van der Waals surface area (Å²) < 4.78 is 26.1. The van der Waals surface area contributed by atoms with E-state index in [9.17, 15) is 8.78 Å². The maximum Gasteiger partial charge on any atom is 0.159 e. The molecule has 1 unspecified atom stereocenters. The largest absolute Gasteiger partial charge is 0.379 e. The molecule has 0 aromatic heterocycles. The molecule has 106 valence electrons. The number of rotatable bonds is 5. The summed E-state index contributed by atoms with van der Waals surface area (Å²) in [6.07, 6.45) is 2.19. The highest BCUT2D eigenvalue weighted by atomic mass is 19.2. The summed E-state index contributed by atoms with van der Waals surface area (Å²) in [6.45, 7) is 4.07. The summed E-state index contributed by atoms with van der Waals surface area (Å²) in [5.74, 6) is -1.63. The van der Waals surface area contributed by atoms with Crippen molar-refractivity contribution in [2.75, 3.05) is 5.32 Å². The van der Waals surface area contributed by atoms with E-state index in [4.69, 9.17) is 0 Å². The number of anilines is 1. The first-order valence-electron chi connectivity index (χ1n) is 6.90. The molecule has 2 aromatic rings. The van der Waals surface area contributed by atoms with Gasteiger partial charge in [0.15, 0.2) is 11.6 Å². The van der Waals surface area contributed by atoms with Gasteiger partial charge in [0.2, 0.25) is 0 Å². The molecule has 2 rings (SSSR count). The predicted molar refractivity (Wildman–Crippen MR) is 78.8 cm³/mol. The van der Waals surface area contributed by atoms with E-state index in [0.717, 1.165) is 30.2 Å². The minimum atomic E-state index is -0.815. The maximum absolute atomic E-state index is 13.2. The van der Waals surface area contributed by atoms with E-state index in [1.807, 2.05) is 19.1 Å². The highest BCUT2D eigenvalue weighted by Gasteiger charge is 2.09. The average molecular weight is 275 g/mol. The Kier molecular flexibility index (Phi) is 4.72. The lowest BCUT2D eigenvalue weighted by Gasteiger charge is -2.16. The highest BCUT2D eigenvalue weighted by Crippen LogP contribution is 2.21. The number of benzene rings is 2. The van der Waals surface area contributed by atoms with Gasteiger partial charge in [0.05, 0.1) is 0 Å². The van der Waals surface area contributed by atoms with Gasteiger partial charge in [-0.15, -0.1) is 0 Å². The Balaban J connectivity index is 2.06. The topological polar surface area (TPSA) is 12.0 Å². The van der Waals surface area contributed by atoms with Crippen molar-refractivity contribution in [1.82, 2.24) is 0 Å². The summed E-state index contributed by atoms with van der Waals surface area (Å²) in [4.78, 5) is 0. The lowest BCUT2D eigenvalue weighted by Crippen LogP contribution is -2.07. The quantitative estimate of drug-likeness (QED) is 0.801. The molecule has 0 heterocycles. The molecule has 0 fully saturated rings. The molecule has 0 aliphatic rings. The van der Waals surface area contributed by atoms with Gasteiger partial charge in [-0.05, 0) is 48.7 Å². The molecule has 2 aromatic carbocycles. The molecule has 3 heteroatoms. The molecule has 0 saturated heterocycles. The van der Waals surface area contributed by atoms with Crippen LogP contribution in [0.2, 0.25) is 0 Å². The third kappa shape index (κ3) is 3.56. The minimum Gasteiger partial charge on any atom is -0.379 e. The van der Waals surface area contributed by atoms with Crippen molar-refractivity contribution < 1.29 is 8.78 Å². The van der Waals surface area contributed by atoms with Crippen LogP contribution in [0.1, 0.15) is 37.4 Å². The standard InChI is InChI=1S/C17H19F2N/c1-3-4-13-5-8-15(9-6-13)20-12(2)14-7-10-16(18)17(19)11-14/h5-12,20H,3-4H2,1-2H3. The van der Waals surface area contributed by atoms with Crippen molar-refractivity contribution in [3.63, 3.8) is 0 Å². The minimum absolute atomic E-state index is 0.0814. The second-order valence-corrected chi connectivity index (χ2v) is 4.99. The zero-order chi connectivity index (χ0) is 14.5. The van der Waals surface area contributed by atoms with Gasteiger partial charge >= 0.3 is 0 Å². The number of halogens is 2. The van der Waals surface area contributed by atoms with Crippen molar-refractivity contribution in [3.8, 4) is 0 Å². The van der Waals surface area contributed by atoms with E-state index >= 15 is 0 Å². The molecule has 20 heavy (non-hydrogen) atoms. The van der Waals surface area contributed by atoms with Crippen LogP contribution in [-0.2, 0) is 6.42 Å². The molecule has 1 atom stereocenters. The Morgan fingerprint density at radius 3 is 2.30 bits per heavy atom. The Labute approximate surface area is 118 Å². The normalized spacial score (nSPS) is 12.2. The van der Waals surface area contributed by atoms with E-state index in [2.05, 4.69) is 24.4 Å². The Bertz CT molecular complexity index is 564. The van der Waals surface area contributed by atoms with Crippen LogP contribution in [0, 0.1) is 11.6 Å². The fourth-order valence-corrected chi connectivity index (χ4v) is 2.17. The van der Waals surface area contributed by atoms with Gasteiger partial charge in [-0.2, -0.15) is 0 Å². The summed E-state index contributed by atoms with van der Waals surface area (Å²) in [5.41, 5.74) is 3.00. The molecule has 0 bridgehead atoms. The maximum atomic E-state index is 13.2. The molecular formula is C17H19F2N. The SMILES string of the molecule is CCCc1ccc(NC(C)c2ccc(F)c(F)c2)cc1. The molecule has 0 spiro atoms. The van der Waals surface area contributed by atoms with Gasteiger partial charge in [0.1, 0.15) is 0 Å². The Hall–Kier alpha value is -1.90. The summed E-state index contributed by atoms with van der Waals surface area (Å²) in [5, 5.41) is 3.29. The van der Waals surface area contributed by atoms with Gasteiger partial charge in [-0.25, -0.2) is 8.78 Å². The Morgan fingerprint density at radius 1 is 1.00 bits per heavy atom. The van der Waals surface area contributed by atoms with Gasteiger partial charge in [-0.3, -0.25) is 0 Å². The second-order valence-electron chi connectivity index (χ2n) is 4.99. The Morgan fingerprint density at radius 2 is 1.70 bits per heavy atom. The van der Waals surface area contributed by atoms with Crippen molar-refractivity contribution in [3.05, 3.63) is 65.2 Å². The van der Waals surface area contributed by atoms with E-state index < -0.39 is 11.6 Å². The van der Waals surface area contributed by atoms with Gasteiger partial charge in [0.25, 0.3) is 0 Å². The van der Waals surface area contributed by atoms with Crippen LogP contribution in [0.15, 0.2) is 42.5 Å². The molecule has 1 N–H and O–H groups in total. The lowest BCUT2D eigenvalue weighted by atomic mass is 10.1. The summed E-state index contributed by atoms with van der Waals surface area (Å²) in [6, 6.07) is 12.1. The molecule has 1 nitrogen and oxygen atoms in total. The first-order chi connectivity index (χ1) is 9.60. The second kappa shape index (κ2) is 6.51. The fourth-order valence-electron chi connectivity index (χ4n) is 2.17. The number of aryl methyl sites for hydroxylation is 1. The zero-order valence-corrected chi connectivity index (χ0v) is 11.8. The monoisotopic (exact) mass is 275 g/mol. The van der Waals surface area contributed by atoms with Crippen LogP contribution in [0.4, 0.5) is 14.5 Å². The van der Waals surface area contributed by atoms with E-state index in [0.29, 0.717) is 0 Å². The predicted octanol–water partition coefficient (Wildman–Crippen LogP) is 5.09. The molecule has 0 aliphatic carbocycles. The third-order valence-electron chi connectivity index (χ3n) is 3.32. The van der Waals surface area contributed by atoms with Gasteiger partial charge < -0.3 is 5.32 Å².